The summed E-state index contributed by atoms with van der Waals surface area (Å²) in [7, 11) is 0. The SMILES string of the molecule is CC[C@H](C)[C@H](NC[C@H]1C[C@@H](SC(c2ccccc2)(c2ccccc2)c2ccccc2)CN1C(=O)OC(C)(C)C)C(=O)NCCc1ccccc1. The van der Waals surface area contributed by atoms with Crippen LogP contribution in [-0.4, -0.2) is 59.5 Å². The Morgan fingerprint density at radius 3 is 1.80 bits per heavy atom. The first-order valence-electron chi connectivity index (χ1n) is 18.0. The van der Waals surface area contributed by atoms with E-state index in [4.69, 9.17) is 4.74 Å². The van der Waals surface area contributed by atoms with Crippen LogP contribution in [0.2, 0.25) is 0 Å². The number of thioether (sulfide) groups is 1. The van der Waals surface area contributed by atoms with Crippen molar-refractivity contribution in [3.05, 3.63) is 144 Å². The number of likely N-dealkylation sites (tertiary alicyclic amines) is 1. The summed E-state index contributed by atoms with van der Waals surface area (Å²) in [5, 5.41) is 6.88. The number of amides is 2. The summed E-state index contributed by atoms with van der Waals surface area (Å²) >= 11 is 1.91. The van der Waals surface area contributed by atoms with Crippen molar-refractivity contribution in [2.24, 2.45) is 5.92 Å². The summed E-state index contributed by atoms with van der Waals surface area (Å²) in [6.07, 6.45) is 2.08. The lowest BCUT2D eigenvalue weighted by molar-refractivity contribution is -0.124. The lowest BCUT2D eigenvalue weighted by Crippen LogP contribution is -2.52. The summed E-state index contributed by atoms with van der Waals surface area (Å²) in [5.74, 6) is 0.120. The van der Waals surface area contributed by atoms with Crippen LogP contribution in [0, 0.1) is 5.92 Å². The number of hydrogen-bond donors (Lipinski definition) is 2. The van der Waals surface area contributed by atoms with Crippen LogP contribution in [0.5, 0.6) is 0 Å². The van der Waals surface area contributed by atoms with Gasteiger partial charge in [-0.05, 0) is 61.8 Å². The van der Waals surface area contributed by atoms with Gasteiger partial charge in [-0.15, -0.1) is 11.8 Å². The molecule has 264 valence electrons. The van der Waals surface area contributed by atoms with Gasteiger partial charge in [0.25, 0.3) is 0 Å². The van der Waals surface area contributed by atoms with E-state index in [1.165, 1.54) is 22.3 Å². The monoisotopic (exact) mass is 691 g/mol. The van der Waals surface area contributed by atoms with Crippen molar-refractivity contribution < 1.29 is 14.3 Å². The molecule has 0 bridgehead atoms. The molecule has 4 aromatic rings. The van der Waals surface area contributed by atoms with Crippen LogP contribution in [0.15, 0.2) is 121 Å². The summed E-state index contributed by atoms with van der Waals surface area (Å²) in [6.45, 7) is 11.6. The van der Waals surface area contributed by atoms with E-state index in [1.807, 2.05) is 55.6 Å². The average Bonchev–Trinajstić information content (AvgIpc) is 3.54. The topological polar surface area (TPSA) is 70.7 Å². The van der Waals surface area contributed by atoms with Crippen molar-refractivity contribution in [1.29, 1.82) is 0 Å². The lowest BCUT2D eigenvalue weighted by Gasteiger charge is -2.37. The van der Waals surface area contributed by atoms with Gasteiger partial charge in [-0.3, -0.25) is 4.79 Å². The van der Waals surface area contributed by atoms with Crippen molar-refractivity contribution in [3.8, 4) is 0 Å². The second-order valence-electron chi connectivity index (χ2n) is 14.3. The van der Waals surface area contributed by atoms with Crippen molar-refractivity contribution in [1.82, 2.24) is 15.5 Å². The third-order valence-corrected chi connectivity index (χ3v) is 11.2. The van der Waals surface area contributed by atoms with Gasteiger partial charge in [0.05, 0.1) is 10.8 Å². The van der Waals surface area contributed by atoms with Gasteiger partial charge in [-0.2, -0.15) is 0 Å². The molecule has 7 heteroatoms. The van der Waals surface area contributed by atoms with E-state index in [-0.39, 0.29) is 35.3 Å². The molecular weight excluding hydrogens is 639 g/mol. The second kappa shape index (κ2) is 17.2. The van der Waals surface area contributed by atoms with E-state index in [0.29, 0.717) is 19.6 Å². The maximum Gasteiger partial charge on any atom is 0.410 e. The number of ether oxygens (including phenoxy) is 1. The Bertz CT molecular complexity index is 1530. The molecule has 1 heterocycles. The summed E-state index contributed by atoms with van der Waals surface area (Å²) in [5.41, 5.74) is 4.14. The maximum atomic E-state index is 13.8. The number of nitrogens with one attached hydrogen (secondary N) is 2. The van der Waals surface area contributed by atoms with Gasteiger partial charge in [0, 0.05) is 30.9 Å². The Hall–Kier alpha value is -4.07. The minimum Gasteiger partial charge on any atom is -0.444 e. The fourth-order valence-electron chi connectivity index (χ4n) is 6.81. The fraction of sp³-hybridized carbons (Fsp3) is 0.395. The Kier molecular flexibility index (Phi) is 12.8. The normalized spacial score (nSPS) is 17.6. The first-order valence-corrected chi connectivity index (χ1v) is 18.9. The molecule has 0 aliphatic carbocycles. The molecule has 1 aliphatic rings. The van der Waals surface area contributed by atoms with Gasteiger partial charge in [0.2, 0.25) is 5.91 Å². The van der Waals surface area contributed by atoms with Crippen LogP contribution in [0.4, 0.5) is 4.79 Å². The summed E-state index contributed by atoms with van der Waals surface area (Å²) < 4.78 is 5.47. The molecule has 0 aromatic heterocycles. The molecule has 1 fully saturated rings. The molecule has 2 amide bonds. The van der Waals surface area contributed by atoms with Crippen LogP contribution >= 0.6 is 11.8 Å². The van der Waals surface area contributed by atoms with E-state index < -0.39 is 10.3 Å². The van der Waals surface area contributed by atoms with Gasteiger partial charge in [0.1, 0.15) is 5.60 Å². The molecule has 6 nitrogen and oxygen atoms in total. The predicted molar refractivity (Wildman–Crippen MR) is 206 cm³/mol. The van der Waals surface area contributed by atoms with E-state index >= 15 is 0 Å². The first-order chi connectivity index (χ1) is 24.1. The van der Waals surface area contributed by atoms with Gasteiger partial charge in [0.15, 0.2) is 0 Å². The lowest BCUT2D eigenvalue weighted by atomic mass is 9.84. The van der Waals surface area contributed by atoms with Crippen LogP contribution in [0.25, 0.3) is 0 Å². The Labute approximate surface area is 303 Å². The third-order valence-electron chi connectivity index (χ3n) is 9.51. The molecule has 0 saturated carbocycles. The van der Waals surface area contributed by atoms with Gasteiger partial charge in [-0.25, -0.2) is 4.79 Å². The molecule has 1 saturated heterocycles. The molecule has 4 atom stereocenters. The standard InChI is InChI=1S/C43H53N3O3S/c1-6-32(2)39(40(47)44-28-27-33-19-11-7-12-20-33)45-30-37-29-38(31-46(37)41(48)49-42(3,4)5)50-43(34-21-13-8-14-22-34,35-23-15-9-16-24-35)36-25-17-10-18-26-36/h7-26,32,37-39,45H,6,27-31H2,1-5H3,(H,44,47)/t32-,37+,38+,39-/m0/s1. The molecule has 0 spiro atoms. The van der Waals surface area contributed by atoms with Gasteiger partial charge < -0.3 is 20.3 Å². The van der Waals surface area contributed by atoms with Crippen molar-refractivity contribution in [2.45, 2.75) is 81.6 Å². The first kappa shape index (κ1) is 37.2. The van der Waals surface area contributed by atoms with Crippen molar-refractivity contribution in [3.63, 3.8) is 0 Å². The maximum absolute atomic E-state index is 13.8. The Balaban J connectivity index is 1.41. The largest absolute Gasteiger partial charge is 0.444 e. The van der Waals surface area contributed by atoms with E-state index in [0.717, 1.165) is 19.3 Å². The third kappa shape index (κ3) is 9.37. The molecule has 4 aromatic carbocycles. The van der Waals surface area contributed by atoms with Gasteiger partial charge in [-0.1, -0.05) is 142 Å². The zero-order valence-electron chi connectivity index (χ0n) is 30.2. The number of carbonyl (C=O) groups excluding carboxylic acids is 2. The molecule has 0 unspecified atom stereocenters. The average molecular weight is 692 g/mol. The highest BCUT2D eigenvalue weighted by Crippen LogP contribution is 2.52. The molecular formula is C43H53N3O3S. The van der Waals surface area contributed by atoms with Crippen LogP contribution < -0.4 is 10.6 Å². The molecule has 5 rings (SSSR count). The summed E-state index contributed by atoms with van der Waals surface area (Å²) in [4.78, 5) is 29.3. The minimum absolute atomic E-state index is 0.000675. The number of carbonyl (C=O) groups is 2. The van der Waals surface area contributed by atoms with Gasteiger partial charge >= 0.3 is 6.09 Å². The zero-order valence-corrected chi connectivity index (χ0v) is 31.0. The number of benzene rings is 4. The molecule has 2 N–H and O–H groups in total. The smallest absolute Gasteiger partial charge is 0.410 e. The molecule has 0 radical (unpaired) electrons. The van der Waals surface area contributed by atoms with Crippen molar-refractivity contribution in [2.75, 3.05) is 19.6 Å². The Morgan fingerprint density at radius 1 is 0.820 bits per heavy atom. The van der Waals surface area contributed by atoms with Crippen LogP contribution in [0.3, 0.4) is 0 Å². The molecule has 1 aliphatic heterocycles. The number of rotatable bonds is 14. The number of hydrogen-bond acceptors (Lipinski definition) is 5. The highest BCUT2D eigenvalue weighted by atomic mass is 32.2. The van der Waals surface area contributed by atoms with E-state index in [1.54, 1.807) is 0 Å². The zero-order chi connectivity index (χ0) is 35.6. The van der Waals surface area contributed by atoms with Crippen molar-refractivity contribution >= 4 is 23.8 Å². The van der Waals surface area contributed by atoms with E-state index in [9.17, 15) is 9.59 Å². The van der Waals surface area contributed by atoms with E-state index in [2.05, 4.69) is 128 Å². The minimum atomic E-state index is -0.625. The highest BCUT2D eigenvalue weighted by molar-refractivity contribution is 8.01. The summed E-state index contributed by atoms with van der Waals surface area (Å²) in [6, 6.07) is 41.7. The highest BCUT2D eigenvalue weighted by Gasteiger charge is 2.45. The Morgan fingerprint density at radius 2 is 1.32 bits per heavy atom. The number of nitrogens with zero attached hydrogens (tertiary/aromatic N) is 1. The fourth-order valence-corrected chi connectivity index (χ4v) is 8.68. The quantitative estimate of drug-likeness (QED) is 0.130. The second-order valence-corrected chi connectivity index (χ2v) is 15.9. The molecule has 50 heavy (non-hydrogen) atoms. The predicted octanol–water partition coefficient (Wildman–Crippen LogP) is 8.45. The van der Waals surface area contributed by atoms with Crippen LogP contribution in [0.1, 0.15) is 69.7 Å². The van der Waals surface area contributed by atoms with Crippen LogP contribution in [-0.2, 0) is 20.7 Å².